The highest BCUT2D eigenvalue weighted by Gasteiger charge is 2.45. The predicted octanol–water partition coefficient (Wildman–Crippen LogP) is 1.55. The van der Waals surface area contributed by atoms with Gasteiger partial charge in [-0.1, -0.05) is 47.3 Å². The van der Waals surface area contributed by atoms with E-state index in [4.69, 9.17) is 4.74 Å². The van der Waals surface area contributed by atoms with Crippen molar-refractivity contribution < 1.29 is 23.9 Å². The molecule has 0 radical (unpaired) electrons. The average molecular weight is 509 g/mol. The highest BCUT2D eigenvalue weighted by molar-refractivity contribution is 7.80. The molecule has 0 saturated carbocycles. The molecule has 3 unspecified atom stereocenters. The number of carbonyl (C=O) groups excluding carboxylic acids is 4. The zero-order valence-electron chi connectivity index (χ0n) is 21.5. The minimum atomic E-state index is -0.927. The Hall–Kier alpha value is -2.49. The smallest absolute Gasteiger partial charge is 0.329 e. The van der Waals surface area contributed by atoms with Crippen LogP contribution in [0, 0.1) is 11.8 Å². The third-order valence-corrected chi connectivity index (χ3v) is 6.76. The molecule has 9 nitrogen and oxygen atoms in total. The van der Waals surface area contributed by atoms with E-state index in [1.54, 1.807) is 31.7 Å². The van der Waals surface area contributed by atoms with Crippen molar-refractivity contribution in [3.05, 3.63) is 24.4 Å². The maximum atomic E-state index is 13.8. The lowest BCUT2D eigenvalue weighted by Gasteiger charge is -2.47. The predicted molar refractivity (Wildman–Crippen MR) is 137 cm³/mol. The third kappa shape index (κ3) is 6.80. The van der Waals surface area contributed by atoms with Crippen LogP contribution in [-0.4, -0.2) is 70.7 Å². The zero-order chi connectivity index (χ0) is 26.4. The Labute approximate surface area is 213 Å². The number of hydrogen-bond donors (Lipinski definition) is 4. The number of ether oxygens (including phenoxy) is 1. The first kappa shape index (κ1) is 28.7. The molecule has 2 saturated heterocycles. The number of cyclic esters (lactones) is 1. The summed E-state index contributed by atoms with van der Waals surface area (Å²) in [6, 6.07) is -3.67. The lowest BCUT2D eigenvalue weighted by molar-refractivity contribution is -0.155. The van der Waals surface area contributed by atoms with E-state index in [0.29, 0.717) is 17.9 Å². The van der Waals surface area contributed by atoms with Crippen LogP contribution in [0.25, 0.3) is 0 Å². The van der Waals surface area contributed by atoms with Crippen molar-refractivity contribution in [2.75, 3.05) is 5.75 Å². The first-order valence-electron chi connectivity index (χ1n) is 12.3. The molecule has 2 rings (SSSR count). The second-order valence-electron chi connectivity index (χ2n) is 9.87. The fourth-order valence-corrected chi connectivity index (χ4v) is 4.75. The molecule has 0 aromatic rings. The molecule has 2 bridgehead atoms. The molecule has 0 aromatic heterocycles. The van der Waals surface area contributed by atoms with Crippen LogP contribution < -0.4 is 16.0 Å². The summed E-state index contributed by atoms with van der Waals surface area (Å²) in [5, 5.41) is 8.75. The van der Waals surface area contributed by atoms with Gasteiger partial charge in [-0.3, -0.25) is 14.4 Å². The van der Waals surface area contributed by atoms with Gasteiger partial charge in [0.1, 0.15) is 24.2 Å². The van der Waals surface area contributed by atoms with Crippen molar-refractivity contribution in [1.29, 1.82) is 0 Å². The van der Waals surface area contributed by atoms with Crippen LogP contribution in [0.3, 0.4) is 0 Å². The Morgan fingerprint density at radius 2 is 1.71 bits per heavy atom. The molecule has 0 spiro atoms. The highest BCUT2D eigenvalue weighted by Crippen LogP contribution is 2.25. The van der Waals surface area contributed by atoms with E-state index in [2.05, 4.69) is 35.2 Å². The second kappa shape index (κ2) is 12.5. The lowest BCUT2D eigenvalue weighted by atomic mass is 9.93. The van der Waals surface area contributed by atoms with Crippen LogP contribution in [0.1, 0.15) is 54.4 Å². The number of nitrogens with one attached hydrogen (secondary N) is 3. The molecular weight excluding hydrogens is 468 g/mol. The van der Waals surface area contributed by atoms with E-state index in [-0.39, 0.29) is 24.2 Å². The highest BCUT2D eigenvalue weighted by atomic mass is 32.1. The van der Waals surface area contributed by atoms with Gasteiger partial charge >= 0.3 is 5.97 Å². The molecule has 35 heavy (non-hydrogen) atoms. The average Bonchev–Trinajstić information content (AvgIpc) is 2.78. The van der Waals surface area contributed by atoms with Crippen LogP contribution in [0.5, 0.6) is 0 Å². The fraction of sp³-hybridized carbons (Fsp3) is 0.680. The first-order valence-corrected chi connectivity index (χ1v) is 12.9. The summed E-state index contributed by atoms with van der Waals surface area (Å²) in [6.45, 7) is 15.0. The molecule has 6 atom stereocenters. The number of fused-ring (bicyclic) bond motifs is 2. The molecule has 2 aliphatic rings. The van der Waals surface area contributed by atoms with Crippen LogP contribution in [0.4, 0.5) is 0 Å². The van der Waals surface area contributed by atoms with Gasteiger partial charge in [0.05, 0.1) is 18.5 Å². The third-order valence-electron chi connectivity index (χ3n) is 6.42. The molecule has 2 aliphatic heterocycles. The van der Waals surface area contributed by atoms with Crippen molar-refractivity contribution in [3.63, 3.8) is 0 Å². The molecule has 3 amide bonds. The monoisotopic (exact) mass is 508 g/mol. The van der Waals surface area contributed by atoms with Gasteiger partial charge in [0.2, 0.25) is 17.7 Å². The number of hydrogen-bond acceptors (Lipinski definition) is 7. The van der Waals surface area contributed by atoms with E-state index in [9.17, 15) is 19.2 Å². The van der Waals surface area contributed by atoms with Gasteiger partial charge in [-0.05, 0) is 31.3 Å². The van der Waals surface area contributed by atoms with E-state index < -0.39 is 54.1 Å². The summed E-state index contributed by atoms with van der Waals surface area (Å²) in [5.74, 6) is -1.96. The normalized spacial score (nSPS) is 31.2. The van der Waals surface area contributed by atoms with E-state index in [0.717, 1.165) is 0 Å². The minimum absolute atomic E-state index is 0.139. The van der Waals surface area contributed by atoms with E-state index in [1.807, 2.05) is 26.8 Å². The number of carbonyl (C=O) groups is 4. The van der Waals surface area contributed by atoms with Gasteiger partial charge in [-0.2, -0.15) is 12.6 Å². The van der Waals surface area contributed by atoms with Crippen LogP contribution in [-0.2, 0) is 23.9 Å². The number of thiol groups is 1. The van der Waals surface area contributed by atoms with Gasteiger partial charge in [0, 0.05) is 11.4 Å². The molecular formula is C25H40N4O5S. The molecule has 0 aliphatic carbocycles. The van der Waals surface area contributed by atoms with Crippen LogP contribution in [0.2, 0.25) is 0 Å². The summed E-state index contributed by atoms with van der Waals surface area (Å²) in [6.07, 6.45) is 3.21. The Morgan fingerprint density at radius 1 is 1.09 bits per heavy atom. The van der Waals surface area contributed by atoms with Crippen molar-refractivity contribution >= 4 is 36.3 Å². The maximum Gasteiger partial charge on any atom is 0.329 e. The number of amides is 3. The summed E-state index contributed by atoms with van der Waals surface area (Å²) < 4.78 is 5.65. The number of esters is 1. The van der Waals surface area contributed by atoms with Gasteiger partial charge < -0.3 is 25.6 Å². The second-order valence-corrected chi connectivity index (χ2v) is 10.2. The minimum Gasteiger partial charge on any atom is -0.456 e. The lowest BCUT2D eigenvalue weighted by Crippen LogP contribution is -2.69. The quantitative estimate of drug-likeness (QED) is 0.254. The fourth-order valence-electron chi connectivity index (χ4n) is 4.36. The molecule has 2 heterocycles. The van der Waals surface area contributed by atoms with E-state index >= 15 is 0 Å². The summed E-state index contributed by atoms with van der Waals surface area (Å²) in [4.78, 5) is 54.8. The Morgan fingerprint density at radius 3 is 2.26 bits per heavy atom. The molecule has 196 valence electrons. The van der Waals surface area contributed by atoms with Gasteiger partial charge in [0.25, 0.3) is 0 Å². The largest absolute Gasteiger partial charge is 0.456 e. The Kier molecular flexibility index (Phi) is 10.2. The van der Waals surface area contributed by atoms with Crippen molar-refractivity contribution in [3.8, 4) is 0 Å². The summed E-state index contributed by atoms with van der Waals surface area (Å²) in [7, 11) is 0. The molecule has 10 heteroatoms. The topological polar surface area (TPSA) is 117 Å². The first-order chi connectivity index (χ1) is 16.4. The summed E-state index contributed by atoms with van der Waals surface area (Å²) >= 11 is 4.42. The Bertz CT molecular complexity index is 859. The SMILES string of the molecule is C=C1NC2C(=O)NC(C(C)C)C(=O)O[C@@H](/C=C/CC)CC(=O)N[C@H](C(C)C)C(=O)N(C2C)[C@@H]1CS. The number of nitrogens with zero attached hydrogens (tertiary/aromatic N) is 1. The Balaban J connectivity index is 2.56. The number of allylic oxidation sites excluding steroid dienone is 1. The zero-order valence-corrected chi connectivity index (χ0v) is 22.4. The van der Waals surface area contributed by atoms with E-state index in [1.165, 1.54) is 0 Å². The van der Waals surface area contributed by atoms with Crippen molar-refractivity contribution in [1.82, 2.24) is 20.9 Å². The standard InChI is InChI=1S/C25H40N4O5S/c1-8-9-10-17-11-19(30)27-20(13(2)3)24(32)29-16(7)22(26-15(6)18(29)12-35)23(31)28-21(14(4)5)25(33)34-17/h9-10,13-14,16-18,20-22,26,35H,6,8,11-12H2,1-5,7H3,(H,27,30)(H,28,31)/b10-9+/t16?,17-,18+,20+,21?,22?/m0/s1. The summed E-state index contributed by atoms with van der Waals surface area (Å²) in [5.41, 5.74) is 0.473. The van der Waals surface area contributed by atoms with Gasteiger partial charge in [-0.15, -0.1) is 0 Å². The van der Waals surface area contributed by atoms with Gasteiger partial charge in [-0.25, -0.2) is 4.79 Å². The van der Waals surface area contributed by atoms with Crippen molar-refractivity contribution in [2.24, 2.45) is 11.8 Å². The van der Waals surface area contributed by atoms with Crippen LogP contribution >= 0.6 is 12.6 Å². The molecule has 2 fully saturated rings. The molecule has 0 aromatic carbocycles. The number of rotatable bonds is 5. The van der Waals surface area contributed by atoms with Gasteiger partial charge in [0.15, 0.2) is 0 Å². The van der Waals surface area contributed by atoms with Crippen molar-refractivity contribution in [2.45, 2.75) is 90.7 Å². The number of piperazine rings is 1. The maximum absolute atomic E-state index is 13.8. The van der Waals surface area contributed by atoms with Crippen LogP contribution in [0.15, 0.2) is 24.4 Å². The molecule has 3 N–H and O–H groups in total.